The zero-order chi connectivity index (χ0) is 8.36. The Hall–Kier alpha value is -0.340. The monoisotopic (exact) mass is 170 g/mol. The highest BCUT2D eigenvalue weighted by Gasteiger charge is 2.33. The number of ketones is 1. The molecule has 3 N–H and O–H groups in total. The maximum atomic E-state index is 10.1. The summed E-state index contributed by atoms with van der Waals surface area (Å²) in [6, 6.07) is 0. The van der Waals surface area contributed by atoms with Gasteiger partial charge in [0.1, 0.15) is 0 Å². The lowest BCUT2D eigenvalue weighted by atomic mass is 10.4. The predicted molar refractivity (Wildman–Crippen MR) is 29.7 cm³/mol. The Morgan fingerprint density at radius 2 is 2.00 bits per heavy atom. The van der Waals surface area contributed by atoms with E-state index >= 15 is 0 Å². The molecule has 0 saturated carbocycles. The van der Waals surface area contributed by atoms with Crippen LogP contribution in [0.25, 0.3) is 0 Å². The van der Waals surface area contributed by atoms with Gasteiger partial charge in [-0.3, -0.25) is 9.35 Å². The van der Waals surface area contributed by atoms with Gasteiger partial charge in [-0.05, 0) is 0 Å². The van der Waals surface area contributed by atoms with Crippen molar-refractivity contribution in [3.63, 3.8) is 0 Å². The van der Waals surface area contributed by atoms with E-state index in [4.69, 9.17) is 14.8 Å². The normalized spacial score (nSPS) is 14.8. The summed E-state index contributed by atoms with van der Waals surface area (Å²) in [4.78, 5) is 10.1. The summed E-state index contributed by atoms with van der Waals surface area (Å²) >= 11 is -2.88. The first-order chi connectivity index (χ1) is 4.36. The second-order valence-electron chi connectivity index (χ2n) is 1.46. The number of hydrogen-bond donors (Lipinski definition) is 3. The summed E-state index contributed by atoms with van der Waals surface area (Å²) in [6.45, 7) is 0.798. The molecule has 0 aromatic carbocycles. The SMILES string of the molecule is CC(=O)C(O)(O)OS(=O)O. The molecule has 6 nitrogen and oxygen atoms in total. The largest absolute Gasteiger partial charge is 0.355 e. The molecule has 0 radical (unpaired) electrons. The molecule has 1 atom stereocenters. The van der Waals surface area contributed by atoms with Crippen molar-refractivity contribution in [1.29, 1.82) is 0 Å². The minimum Gasteiger partial charge on any atom is -0.336 e. The van der Waals surface area contributed by atoms with E-state index in [0.29, 0.717) is 0 Å². The van der Waals surface area contributed by atoms with Crippen molar-refractivity contribution in [2.75, 3.05) is 0 Å². The molecule has 0 aliphatic heterocycles. The number of rotatable bonds is 3. The minimum atomic E-state index is -3.17. The van der Waals surface area contributed by atoms with Crippen molar-refractivity contribution in [2.45, 2.75) is 12.9 Å². The molecule has 0 aromatic heterocycles. The smallest absolute Gasteiger partial charge is 0.336 e. The van der Waals surface area contributed by atoms with E-state index in [2.05, 4.69) is 4.18 Å². The predicted octanol–water partition coefficient (Wildman–Crippen LogP) is -1.63. The van der Waals surface area contributed by atoms with E-state index < -0.39 is 23.1 Å². The second kappa shape index (κ2) is 3.17. The minimum absolute atomic E-state index is 0.798. The molecule has 0 bridgehead atoms. The summed E-state index contributed by atoms with van der Waals surface area (Å²) in [5.41, 5.74) is 0. The van der Waals surface area contributed by atoms with Crippen LogP contribution in [0.5, 0.6) is 0 Å². The van der Waals surface area contributed by atoms with E-state index in [-0.39, 0.29) is 0 Å². The van der Waals surface area contributed by atoms with Crippen LogP contribution in [0.2, 0.25) is 0 Å². The number of carbonyl (C=O) groups excluding carboxylic acids is 1. The lowest BCUT2D eigenvalue weighted by Crippen LogP contribution is -2.40. The summed E-state index contributed by atoms with van der Waals surface area (Å²) in [7, 11) is 0. The number of hydrogen-bond acceptors (Lipinski definition) is 5. The highest BCUT2D eigenvalue weighted by Crippen LogP contribution is 2.03. The molecular weight excluding hydrogens is 164 g/mol. The van der Waals surface area contributed by atoms with Crippen LogP contribution in [-0.2, 0) is 20.3 Å². The summed E-state index contributed by atoms with van der Waals surface area (Å²) in [5, 5.41) is 16.8. The average molecular weight is 170 g/mol. The number of Topliss-reactive ketones (excluding diaryl/α,β-unsaturated/α-hetero) is 1. The molecule has 0 spiro atoms. The highest BCUT2D eigenvalue weighted by atomic mass is 32.2. The van der Waals surface area contributed by atoms with Gasteiger partial charge in [0.25, 0.3) is 0 Å². The van der Waals surface area contributed by atoms with Crippen LogP contribution in [-0.4, -0.2) is 30.7 Å². The molecule has 0 fully saturated rings. The van der Waals surface area contributed by atoms with Crippen molar-refractivity contribution in [3.8, 4) is 0 Å². The maximum absolute atomic E-state index is 10.1. The Morgan fingerprint density at radius 1 is 1.60 bits per heavy atom. The summed E-state index contributed by atoms with van der Waals surface area (Å²) in [5.74, 6) is -4.34. The van der Waals surface area contributed by atoms with Crippen molar-refractivity contribution in [3.05, 3.63) is 0 Å². The first kappa shape index (κ1) is 9.66. The fourth-order valence-corrected chi connectivity index (χ4v) is 0.474. The molecule has 0 aliphatic carbocycles. The fourth-order valence-electron chi connectivity index (χ4n) is 0.158. The lowest BCUT2D eigenvalue weighted by Gasteiger charge is -2.13. The van der Waals surface area contributed by atoms with Gasteiger partial charge < -0.3 is 10.2 Å². The van der Waals surface area contributed by atoms with E-state index in [1.54, 1.807) is 0 Å². The van der Waals surface area contributed by atoms with Gasteiger partial charge in [0.15, 0.2) is 0 Å². The fraction of sp³-hybridized carbons (Fsp3) is 0.667. The third kappa shape index (κ3) is 2.99. The van der Waals surface area contributed by atoms with E-state index in [9.17, 15) is 9.00 Å². The number of aliphatic hydroxyl groups is 2. The van der Waals surface area contributed by atoms with Gasteiger partial charge >= 0.3 is 17.3 Å². The third-order valence-corrected chi connectivity index (χ3v) is 1.02. The van der Waals surface area contributed by atoms with Gasteiger partial charge in [-0.1, -0.05) is 0 Å². The molecule has 0 saturated heterocycles. The Balaban J connectivity index is 4.13. The van der Waals surface area contributed by atoms with E-state index in [1.165, 1.54) is 0 Å². The van der Waals surface area contributed by atoms with Crippen molar-refractivity contribution < 1.29 is 28.0 Å². The van der Waals surface area contributed by atoms with Crippen molar-refractivity contribution in [2.24, 2.45) is 0 Å². The molecule has 0 heterocycles. The van der Waals surface area contributed by atoms with Crippen LogP contribution in [0, 0.1) is 0 Å². The van der Waals surface area contributed by atoms with Crippen LogP contribution in [0.15, 0.2) is 0 Å². The van der Waals surface area contributed by atoms with E-state index in [1.807, 2.05) is 0 Å². The quantitative estimate of drug-likeness (QED) is 0.347. The highest BCUT2D eigenvalue weighted by molar-refractivity contribution is 7.74. The molecule has 1 unspecified atom stereocenters. The van der Waals surface area contributed by atoms with Crippen LogP contribution < -0.4 is 0 Å². The summed E-state index contributed by atoms with van der Waals surface area (Å²) < 4.78 is 21.1. The number of carbonyl (C=O) groups is 1. The average Bonchev–Trinajstić information content (AvgIpc) is 1.60. The molecular formula is C3H6O6S. The van der Waals surface area contributed by atoms with Crippen molar-refractivity contribution in [1.82, 2.24) is 0 Å². The molecule has 10 heavy (non-hydrogen) atoms. The lowest BCUT2D eigenvalue weighted by molar-refractivity contribution is -0.267. The molecule has 60 valence electrons. The Bertz CT molecular complexity index is 162. The van der Waals surface area contributed by atoms with Gasteiger partial charge in [-0.2, -0.15) is 4.21 Å². The first-order valence-corrected chi connectivity index (χ1v) is 3.15. The van der Waals surface area contributed by atoms with Gasteiger partial charge in [-0.15, -0.1) is 0 Å². The topological polar surface area (TPSA) is 104 Å². The van der Waals surface area contributed by atoms with E-state index in [0.717, 1.165) is 6.92 Å². The third-order valence-electron chi connectivity index (χ3n) is 0.646. The molecule has 7 heteroatoms. The van der Waals surface area contributed by atoms with Crippen LogP contribution >= 0.6 is 0 Å². The van der Waals surface area contributed by atoms with Crippen LogP contribution in [0.1, 0.15) is 6.92 Å². The standard InChI is InChI=1S/C3H6O6S/c1-2(4)3(5,6)9-10(7)8/h5-6H,1H3,(H,7,8). The van der Waals surface area contributed by atoms with Gasteiger partial charge in [0, 0.05) is 6.92 Å². The summed E-state index contributed by atoms with van der Waals surface area (Å²) in [6.07, 6.45) is 0. The van der Waals surface area contributed by atoms with Gasteiger partial charge in [-0.25, -0.2) is 4.18 Å². The zero-order valence-electron chi connectivity index (χ0n) is 4.97. The molecule has 0 rings (SSSR count). The Labute approximate surface area is 58.9 Å². The molecule has 0 aliphatic rings. The Morgan fingerprint density at radius 3 is 2.10 bits per heavy atom. The van der Waals surface area contributed by atoms with Crippen LogP contribution in [0.4, 0.5) is 0 Å². The van der Waals surface area contributed by atoms with Crippen LogP contribution in [0.3, 0.4) is 0 Å². The van der Waals surface area contributed by atoms with Gasteiger partial charge in [0.05, 0.1) is 0 Å². The van der Waals surface area contributed by atoms with Gasteiger partial charge in [0.2, 0.25) is 5.78 Å². The zero-order valence-corrected chi connectivity index (χ0v) is 5.79. The Kier molecular flexibility index (Phi) is 3.06. The first-order valence-electron chi connectivity index (χ1n) is 2.12. The molecule has 0 amide bonds. The maximum Gasteiger partial charge on any atom is 0.355 e. The molecule has 0 aromatic rings. The second-order valence-corrected chi connectivity index (χ2v) is 2.07. The van der Waals surface area contributed by atoms with Crippen molar-refractivity contribution >= 4 is 17.1 Å².